The Bertz CT molecular complexity index is 330. The van der Waals surface area contributed by atoms with Crippen LogP contribution in [0.5, 0.6) is 0 Å². The minimum Gasteiger partial charge on any atom is -0.481 e. The van der Waals surface area contributed by atoms with E-state index < -0.39 is 11.8 Å². The van der Waals surface area contributed by atoms with Crippen molar-refractivity contribution in [2.24, 2.45) is 0 Å². The summed E-state index contributed by atoms with van der Waals surface area (Å²) in [7, 11) is 0. The van der Waals surface area contributed by atoms with Crippen molar-refractivity contribution in [2.75, 3.05) is 0 Å². The largest absolute Gasteiger partial charge is 0.481 e. The van der Waals surface area contributed by atoms with Crippen LogP contribution >= 0.6 is 11.6 Å². The van der Waals surface area contributed by atoms with Crippen LogP contribution in [0, 0.1) is 5.82 Å². The van der Waals surface area contributed by atoms with E-state index >= 15 is 0 Å². The average Bonchev–Trinajstić information content (AvgIpc) is 2.07. The van der Waals surface area contributed by atoms with E-state index in [9.17, 15) is 9.18 Å². The molecule has 0 aliphatic heterocycles. The first-order valence-electron chi connectivity index (χ1n) is 3.62. The first-order chi connectivity index (χ1) is 6.11. The summed E-state index contributed by atoms with van der Waals surface area (Å²) < 4.78 is 13.1. The second-order valence-electron chi connectivity index (χ2n) is 2.47. The predicted molar refractivity (Wildman–Crippen MR) is 45.2 cm³/mol. The monoisotopic (exact) mass is 203 g/mol. The Labute approximate surface area is 79.2 Å². The van der Waals surface area contributed by atoms with Crippen LogP contribution in [0.2, 0.25) is 5.15 Å². The van der Waals surface area contributed by atoms with Gasteiger partial charge in [-0.2, -0.15) is 0 Å². The van der Waals surface area contributed by atoms with Crippen LogP contribution in [0.25, 0.3) is 0 Å². The lowest BCUT2D eigenvalue weighted by Crippen LogP contribution is -2.00. The molecule has 13 heavy (non-hydrogen) atoms. The third kappa shape index (κ3) is 2.66. The number of rotatable bonds is 3. The van der Waals surface area contributed by atoms with Gasteiger partial charge in [-0.15, -0.1) is 0 Å². The molecule has 0 radical (unpaired) electrons. The van der Waals surface area contributed by atoms with E-state index in [-0.39, 0.29) is 23.6 Å². The maximum absolute atomic E-state index is 13.1. The number of nitrogens with zero attached hydrogens (tertiary/aromatic N) is 1. The molecule has 0 unspecified atom stereocenters. The van der Waals surface area contributed by atoms with Gasteiger partial charge in [0.25, 0.3) is 0 Å². The van der Waals surface area contributed by atoms with Crippen LogP contribution in [0.3, 0.4) is 0 Å². The van der Waals surface area contributed by atoms with Crippen LogP contribution in [0.4, 0.5) is 4.39 Å². The van der Waals surface area contributed by atoms with E-state index in [0.717, 1.165) is 0 Å². The zero-order valence-corrected chi connectivity index (χ0v) is 7.38. The van der Waals surface area contributed by atoms with Crippen LogP contribution in [0.15, 0.2) is 12.3 Å². The molecular formula is C8H7ClFNO2. The SMILES string of the molecule is O=C(O)CCc1ccnc(Cl)c1F. The molecule has 0 aliphatic carbocycles. The number of carboxylic acid groups (broad SMARTS) is 1. The van der Waals surface area contributed by atoms with Gasteiger partial charge >= 0.3 is 5.97 Å². The highest BCUT2D eigenvalue weighted by molar-refractivity contribution is 6.29. The number of hydrogen-bond acceptors (Lipinski definition) is 2. The maximum atomic E-state index is 13.1. The van der Waals surface area contributed by atoms with Crippen molar-refractivity contribution in [3.63, 3.8) is 0 Å². The first-order valence-corrected chi connectivity index (χ1v) is 3.99. The molecule has 1 aromatic rings. The van der Waals surface area contributed by atoms with Crippen molar-refractivity contribution in [1.29, 1.82) is 0 Å². The second kappa shape index (κ2) is 4.18. The highest BCUT2D eigenvalue weighted by atomic mass is 35.5. The van der Waals surface area contributed by atoms with Crippen molar-refractivity contribution >= 4 is 17.6 Å². The van der Waals surface area contributed by atoms with Crippen molar-refractivity contribution < 1.29 is 14.3 Å². The van der Waals surface area contributed by atoms with E-state index in [2.05, 4.69) is 4.98 Å². The topological polar surface area (TPSA) is 50.2 Å². The van der Waals surface area contributed by atoms with Gasteiger partial charge in [0, 0.05) is 12.6 Å². The molecule has 1 N–H and O–H groups in total. The molecule has 1 aromatic heterocycles. The molecular weight excluding hydrogens is 197 g/mol. The average molecular weight is 204 g/mol. The third-order valence-corrected chi connectivity index (χ3v) is 1.80. The van der Waals surface area contributed by atoms with Crippen LogP contribution in [-0.2, 0) is 11.2 Å². The summed E-state index contributed by atoms with van der Waals surface area (Å²) in [5.74, 6) is -1.60. The third-order valence-electron chi connectivity index (χ3n) is 1.53. The fraction of sp³-hybridized carbons (Fsp3) is 0.250. The van der Waals surface area contributed by atoms with Crippen LogP contribution in [0.1, 0.15) is 12.0 Å². The number of hydrogen-bond donors (Lipinski definition) is 1. The molecule has 0 bridgehead atoms. The van der Waals surface area contributed by atoms with E-state index in [4.69, 9.17) is 16.7 Å². The Hall–Kier alpha value is -1.16. The van der Waals surface area contributed by atoms with Gasteiger partial charge in [0.2, 0.25) is 0 Å². The van der Waals surface area contributed by atoms with Gasteiger partial charge in [-0.3, -0.25) is 4.79 Å². The molecule has 0 amide bonds. The summed E-state index contributed by atoms with van der Waals surface area (Å²) in [6.45, 7) is 0. The Morgan fingerprint density at radius 3 is 3.00 bits per heavy atom. The molecule has 70 valence electrons. The smallest absolute Gasteiger partial charge is 0.303 e. The number of carbonyl (C=O) groups is 1. The molecule has 0 aliphatic rings. The van der Waals surface area contributed by atoms with E-state index in [1.807, 2.05) is 0 Å². The fourth-order valence-electron chi connectivity index (χ4n) is 0.890. The predicted octanol–water partition coefficient (Wildman–Crippen LogP) is 1.89. The Balaban J connectivity index is 2.77. The van der Waals surface area contributed by atoms with Gasteiger partial charge in [-0.1, -0.05) is 11.6 Å². The zero-order chi connectivity index (χ0) is 9.84. The zero-order valence-electron chi connectivity index (χ0n) is 6.63. The molecule has 1 rings (SSSR count). The summed E-state index contributed by atoms with van der Waals surface area (Å²) in [6.07, 6.45) is 1.36. The summed E-state index contributed by atoms with van der Waals surface area (Å²) in [4.78, 5) is 13.7. The Morgan fingerprint density at radius 1 is 1.69 bits per heavy atom. The van der Waals surface area contributed by atoms with Gasteiger partial charge in [0.15, 0.2) is 11.0 Å². The van der Waals surface area contributed by atoms with Crippen molar-refractivity contribution in [3.8, 4) is 0 Å². The molecule has 0 aromatic carbocycles. The normalized spacial score (nSPS) is 10.0. The lowest BCUT2D eigenvalue weighted by molar-refractivity contribution is -0.136. The van der Waals surface area contributed by atoms with Gasteiger partial charge in [0.05, 0.1) is 0 Å². The molecule has 3 nitrogen and oxygen atoms in total. The van der Waals surface area contributed by atoms with Crippen LogP contribution in [-0.4, -0.2) is 16.1 Å². The number of carboxylic acids is 1. The Kier molecular flexibility index (Phi) is 3.19. The van der Waals surface area contributed by atoms with Crippen molar-refractivity contribution in [1.82, 2.24) is 4.98 Å². The highest BCUT2D eigenvalue weighted by Gasteiger charge is 2.08. The first kappa shape index (κ1) is 9.92. The van der Waals surface area contributed by atoms with E-state index in [0.29, 0.717) is 0 Å². The molecule has 0 saturated carbocycles. The van der Waals surface area contributed by atoms with Gasteiger partial charge in [-0.05, 0) is 18.1 Å². The molecule has 0 spiro atoms. The number of halogens is 2. The van der Waals surface area contributed by atoms with E-state index in [1.165, 1.54) is 12.3 Å². The lowest BCUT2D eigenvalue weighted by atomic mass is 10.1. The maximum Gasteiger partial charge on any atom is 0.303 e. The molecule has 0 saturated heterocycles. The summed E-state index contributed by atoms with van der Waals surface area (Å²) >= 11 is 5.40. The summed E-state index contributed by atoms with van der Waals surface area (Å²) in [6, 6.07) is 1.42. The van der Waals surface area contributed by atoms with Crippen molar-refractivity contribution in [3.05, 3.63) is 28.8 Å². The standard InChI is InChI=1S/C8H7ClFNO2/c9-8-7(10)5(3-4-11-8)1-2-6(12)13/h3-4H,1-2H2,(H,12,13). The van der Waals surface area contributed by atoms with Crippen LogP contribution < -0.4 is 0 Å². The molecule has 1 heterocycles. The Morgan fingerprint density at radius 2 is 2.38 bits per heavy atom. The van der Waals surface area contributed by atoms with Gasteiger partial charge in [0.1, 0.15) is 0 Å². The van der Waals surface area contributed by atoms with Gasteiger partial charge < -0.3 is 5.11 Å². The number of pyridine rings is 1. The quantitative estimate of drug-likeness (QED) is 0.764. The van der Waals surface area contributed by atoms with Crippen molar-refractivity contribution in [2.45, 2.75) is 12.8 Å². The minimum atomic E-state index is -0.965. The lowest BCUT2D eigenvalue weighted by Gasteiger charge is -2.00. The number of aryl methyl sites for hydroxylation is 1. The second-order valence-corrected chi connectivity index (χ2v) is 2.83. The fourth-order valence-corrected chi connectivity index (χ4v) is 1.07. The molecule has 0 atom stereocenters. The number of aromatic nitrogens is 1. The number of aliphatic carboxylic acids is 1. The van der Waals surface area contributed by atoms with E-state index in [1.54, 1.807) is 0 Å². The minimum absolute atomic E-state index is 0.114. The highest BCUT2D eigenvalue weighted by Crippen LogP contribution is 2.16. The summed E-state index contributed by atoms with van der Waals surface area (Å²) in [5.41, 5.74) is 0.280. The molecule has 5 heteroatoms. The molecule has 0 fully saturated rings. The van der Waals surface area contributed by atoms with Gasteiger partial charge in [-0.25, -0.2) is 9.37 Å². The summed E-state index contributed by atoms with van der Waals surface area (Å²) in [5, 5.41) is 8.14.